The third-order valence-corrected chi connectivity index (χ3v) is 2.62. The van der Waals surface area contributed by atoms with Crippen molar-refractivity contribution in [2.45, 2.75) is 52.2 Å². The van der Waals surface area contributed by atoms with Gasteiger partial charge in [0.1, 0.15) is 0 Å². The van der Waals surface area contributed by atoms with Crippen LogP contribution in [0.15, 0.2) is 0 Å². The molecule has 0 spiro atoms. The van der Waals surface area contributed by atoms with Crippen molar-refractivity contribution in [2.24, 2.45) is 5.92 Å². The highest BCUT2D eigenvalue weighted by Crippen LogP contribution is 2.13. The Morgan fingerprint density at radius 1 is 1.46 bits per heavy atom. The summed E-state index contributed by atoms with van der Waals surface area (Å²) in [5.41, 5.74) is 0. The fraction of sp³-hybridized carbons (Fsp3) is 1.00. The van der Waals surface area contributed by atoms with Crippen molar-refractivity contribution in [1.29, 1.82) is 0 Å². The van der Waals surface area contributed by atoms with Gasteiger partial charge in [-0.3, -0.25) is 0 Å². The highest BCUT2D eigenvalue weighted by molar-refractivity contribution is 4.75. The lowest BCUT2D eigenvalue weighted by Crippen LogP contribution is -2.39. The molecule has 1 N–H and O–H groups in total. The van der Waals surface area contributed by atoms with Crippen LogP contribution in [-0.4, -0.2) is 25.3 Å². The molecule has 0 amide bonds. The van der Waals surface area contributed by atoms with E-state index >= 15 is 0 Å². The van der Waals surface area contributed by atoms with Crippen LogP contribution >= 0.6 is 0 Å². The Morgan fingerprint density at radius 3 is 2.85 bits per heavy atom. The topological polar surface area (TPSA) is 21.3 Å². The van der Waals surface area contributed by atoms with Gasteiger partial charge in [0, 0.05) is 12.6 Å². The molecule has 0 aromatic carbocycles. The number of ether oxygens (including phenoxy) is 1. The molecule has 78 valence electrons. The van der Waals surface area contributed by atoms with Crippen LogP contribution in [0.3, 0.4) is 0 Å². The first kappa shape index (κ1) is 11.0. The molecule has 13 heavy (non-hydrogen) atoms. The molecule has 0 bridgehead atoms. The highest BCUT2D eigenvalue weighted by Gasteiger charge is 2.18. The highest BCUT2D eigenvalue weighted by atomic mass is 16.5. The molecule has 2 heteroatoms. The van der Waals surface area contributed by atoms with Crippen molar-refractivity contribution >= 4 is 0 Å². The van der Waals surface area contributed by atoms with E-state index in [9.17, 15) is 0 Å². The summed E-state index contributed by atoms with van der Waals surface area (Å²) in [5, 5.41) is 3.43. The number of hydrogen-bond acceptors (Lipinski definition) is 2. The Hall–Kier alpha value is -0.0800. The summed E-state index contributed by atoms with van der Waals surface area (Å²) in [6.07, 6.45) is 4.06. The average molecular weight is 185 g/mol. The summed E-state index contributed by atoms with van der Waals surface area (Å²) >= 11 is 0. The molecule has 1 heterocycles. The lowest BCUT2D eigenvalue weighted by molar-refractivity contribution is 0.0187. The van der Waals surface area contributed by atoms with Gasteiger partial charge in [-0.2, -0.15) is 0 Å². The maximum absolute atomic E-state index is 5.82. The van der Waals surface area contributed by atoms with Gasteiger partial charge in [-0.05, 0) is 38.6 Å². The Morgan fingerprint density at radius 2 is 2.23 bits per heavy atom. The van der Waals surface area contributed by atoms with Crippen LogP contribution in [0.4, 0.5) is 0 Å². The summed E-state index contributed by atoms with van der Waals surface area (Å²) in [6.45, 7) is 8.78. The van der Waals surface area contributed by atoms with Gasteiger partial charge in [-0.1, -0.05) is 13.8 Å². The predicted octanol–water partition coefficient (Wildman–Crippen LogP) is 2.19. The fourth-order valence-electron chi connectivity index (χ4n) is 1.71. The lowest BCUT2D eigenvalue weighted by atomic mass is 10.0. The molecule has 0 radical (unpaired) electrons. The van der Waals surface area contributed by atoms with Crippen LogP contribution in [0.25, 0.3) is 0 Å². The van der Waals surface area contributed by atoms with Crippen LogP contribution in [0.2, 0.25) is 0 Å². The first-order valence-corrected chi connectivity index (χ1v) is 5.53. The molecule has 2 nitrogen and oxygen atoms in total. The van der Waals surface area contributed by atoms with E-state index in [1.165, 1.54) is 19.3 Å². The number of piperidine rings is 1. The van der Waals surface area contributed by atoms with E-state index in [0.29, 0.717) is 12.1 Å². The minimum Gasteiger partial charge on any atom is -0.378 e. The molecule has 0 saturated carbocycles. The van der Waals surface area contributed by atoms with Crippen molar-refractivity contribution < 1.29 is 4.74 Å². The van der Waals surface area contributed by atoms with Gasteiger partial charge in [-0.15, -0.1) is 0 Å². The molecule has 0 aromatic rings. The van der Waals surface area contributed by atoms with E-state index in [2.05, 4.69) is 26.1 Å². The van der Waals surface area contributed by atoms with Gasteiger partial charge in [0.15, 0.2) is 0 Å². The fourth-order valence-corrected chi connectivity index (χ4v) is 1.71. The van der Waals surface area contributed by atoms with E-state index < -0.39 is 0 Å². The summed E-state index contributed by atoms with van der Waals surface area (Å²) in [6, 6.07) is 0.637. The van der Waals surface area contributed by atoms with E-state index in [0.717, 1.165) is 19.1 Å². The molecule has 2 unspecified atom stereocenters. The smallest absolute Gasteiger partial charge is 0.0602 e. The van der Waals surface area contributed by atoms with E-state index in [-0.39, 0.29) is 0 Å². The third-order valence-electron chi connectivity index (χ3n) is 2.62. The Balaban J connectivity index is 2.06. The Bertz CT molecular complexity index is 136. The second-order valence-corrected chi connectivity index (χ2v) is 4.55. The maximum atomic E-state index is 5.82. The normalized spacial score (nSPS) is 29.5. The average Bonchev–Trinajstić information content (AvgIpc) is 2.03. The monoisotopic (exact) mass is 185 g/mol. The van der Waals surface area contributed by atoms with Gasteiger partial charge in [0.2, 0.25) is 0 Å². The second kappa shape index (κ2) is 5.61. The van der Waals surface area contributed by atoms with Gasteiger partial charge >= 0.3 is 0 Å². The molecular formula is C11H23NO. The predicted molar refractivity (Wildman–Crippen MR) is 55.9 cm³/mol. The summed E-state index contributed by atoms with van der Waals surface area (Å²) < 4.78 is 5.82. The lowest BCUT2D eigenvalue weighted by Gasteiger charge is -2.28. The van der Waals surface area contributed by atoms with Gasteiger partial charge in [-0.25, -0.2) is 0 Å². The van der Waals surface area contributed by atoms with Crippen LogP contribution in [-0.2, 0) is 4.74 Å². The zero-order chi connectivity index (χ0) is 9.68. The number of rotatable bonds is 4. The van der Waals surface area contributed by atoms with E-state index in [4.69, 9.17) is 4.74 Å². The minimum absolute atomic E-state index is 0.509. The molecule has 0 aliphatic carbocycles. The Kier molecular flexibility index (Phi) is 4.74. The van der Waals surface area contributed by atoms with E-state index in [1.54, 1.807) is 0 Å². The van der Waals surface area contributed by atoms with Crippen molar-refractivity contribution in [3.8, 4) is 0 Å². The SMILES string of the molecule is CC(C)CCOC1CCNC(C)C1. The number of hydrogen-bond donors (Lipinski definition) is 1. The molecular weight excluding hydrogens is 162 g/mol. The van der Waals surface area contributed by atoms with Crippen LogP contribution < -0.4 is 5.32 Å². The standard InChI is InChI=1S/C11H23NO/c1-9(2)5-7-13-11-4-6-12-10(3)8-11/h9-12H,4-8H2,1-3H3. The molecule has 2 atom stereocenters. The van der Waals surface area contributed by atoms with Gasteiger partial charge in [0.25, 0.3) is 0 Å². The molecule has 1 aliphatic rings. The van der Waals surface area contributed by atoms with Crippen LogP contribution in [0.5, 0.6) is 0 Å². The largest absolute Gasteiger partial charge is 0.378 e. The van der Waals surface area contributed by atoms with E-state index in [1.807, 2.05) is 0 Å². The summed E-state index contributed by atoms with van der Waals surface area (Å²) in [4.78, 5) is 0. The van der Waals surface area contributed by atoms with Crippen LogP contribution in [0.1, 0.15) is 40.0 Å². The molecule has 1 rings (SSSR count). The van der Waals surface area contributed by atoms with Gasteiger partial charge < -0.3 is 10.1 Å². The van der Waals surface area contributed by atoms with Crippen molar-refractivity contribution in [3.63, 3.8) is 0 Å². The zero-order valence-corrected chi connectivity index (χ0v) is 9.18. The van der Waals surface area contributed by atoms with Gasteiger partial charge in [0.05, 0.1) is 6.10 Å². The zero-order valence-electron chi connectivity index (χ0n) is 9.18. The molecule has 1 saturated heterocycles. The first-order valence-electron chi connectivity index (χ1n) is 5.53. The summed E-state index contributed by atoms with van der Waals surface area (Å²) in [5.74, 6) is 0.763. The minimum atomic E-state index is 0.509. The molecule has 0 aromatic heterocycles. The number of nitrogens with one attached hydrogen (secondary N) is 1. The first-order chi connectivity index (χ1) is 6.18. The maximum Gasteiger partial charge on any atom is 0.0602 e. The summed E-state index contributed by atoms with van der Waals surface area (Å²) in [7, 11) is 0. The quantitative estimate of drug-likeness (QED) is 0.725. The van der Waals surface area contributed by atoms with Crippen molar-refractivity contribution in [2.75, 3.05) is 13.2 Å². The molecule has 1 fully saturated rings. The second-order valence-electron chi connectivity index (χ2n) is 4.55. The van der Waals surface area contributed by atoms with Crippen molar-refractivity contribution in [1.82, 2.24) is 5.32 Å². The molecule has 1 aliphatic heterocycles. The third kappa shape index (κ3) is 4.63. The van der Waals surface area contributed by atoms with Crippen LogP contribution in [0, 0.1) is 5.92 Å². The Labute approximate surface area is 82.0 Å². The van der Waals surface area contributed by atoms with Crippen molar-refractivity contribution in [3.05, 3.63) is 0 Å².